The first-order valence-corrected chi connectivity index (χ1v) is 10.9. The number of ketones is 1. The van der Waals surface area contributed by atoms with E-state index in [4.69, 9.17) is 19.9 Å². The van der Waals surface area contributed by atoms with Crippen molar-refractivity contribution in [1.29, 1.82) is 5.26 Å². The van der Waals surface area contributed by atoms with Gasteiger partial charge < -0.3 is 19.9 Å². The van der Waals surface area contributed by atoms with Crippen LogP contribution in [0.3, 0.4) is 0 Å². The summed E-state index contributed by atoms with van der Waals surface area (Å²) >= 11 is 3.61. The number of methoxy groups -OCH3 is 1. The maximum atomic E-state index is 13.1. The van der Waals surface area contributed by atoms with Crippen LogP contribution in [0.15, 0.2) is 39.4 Å². The molecule has 0 fully saturated rings. The van der Waals surface area contributed by atoms with Gasteiger partial charge in [0.25, 0.3) is 0 Å². The molecule has 0 amide bonds. The van der Waals surface area contributed by atoms with Crippen LogP contribution in [0.5, 0.6) is 11.5 Å². The summed E-state index contributed by atoms with van der Waals surface area (Å²) in [5.41, 5.74) is 7.33. The van der Waals surface area contributed by atoms with E-state index < -0.39 is 5.92 Å². The Labute approximate surface area is 185 Å². The lowest BCUT2D eigenvalue weighted by atomic mass is 9.70. The van der Waals surface area contributed by atoms with Gasteiger partial charge in [-0.05, 0) is 29.5 Å². The molecule has 1 aromatic rings. The van der Waals surface area contributed by atoms with E-state index in [9.17, 15) is 10.1 Å². The highest BCUT2D eigenvalue weighted by atomic mass is 79.9. The van der Waals surface area contributed by atoms with Crippen molar-refractivity contribution in [2.75, 3.05) is 13.7 Å². The van der Waals surface area contributed by atoms with E-state index in [0.29, 0.717) is 46.8 Å². The molecule has 1 aliphatic carbocycles. The second-order valence-corrected chi connectivity index (χ2v) is 9.28. The molecule has 30 heavy (non-hydrogen) atoms. The highest BCUT2D eigenvalue weighted by Crippen LogP contribution is 2.50. The summed E-state index contributed by atoms with van der Waals surface area (Å²) in [6, 6.07) is 5.78. The first-order valence-electron chi connectivity index (χ1n) is 10.1. The van der Waals surface area contributed by atoms with Crippen LogP contribution in [0.4, 0.5) is 0 Å². The van der Waals surface area contributed by atoms with Gasteiger partial charge >= 0.3 is 0 Å². The van der Waals surface area contributed by atoms with E-state index in [-0.39, 0.29) is 22.7 Å². The van der Waals surface area contributed by atoms with Crippen LogP contribution in [-0.4, -0.2) is 19.5 Å². The minimum absolute atomic E-state index is 0.0272. The Morgan fingerprint density at radius 3 is 2.70 bits per heavy atom. The number of rotatable bonds is 6. The van der Waals surface area contributed by atoms with E-state index in [2.05, 4.69) is 28.9 Å². The number of Topliss-reactive ketones (excluding diaryl/α,β-unsaturated/α-hetero) is 1. The van der Waals surface area contributed by atoms with E-state index in [1.54, 1.807) is 7.11 Å². The molecule has 160 valence electrons. The molecule has 1 unspecified atom stereocenters. The zero-order valence-corrected chi connectivity index (χ0v) is 19.4. The molecule has 0 aromatic heterocycles. The lowest BCUT2D eigenvalue weighted by Crippen LogP contribution is -2.33. The molecule has 2 N–H and O–H groups in total. The Morgan fingerprint density at radius 1 is 1.33 bits per heavy atom. The fourth-order valence-corrected chi connectivity index (χ4v) is 4.52. The number of carbonyl (C=O) groups is 1. The van der Waals surface area contributed by atoms with Crippen LogP contribution in [0.25, 0.3) is 0 Å². The molecule has 1 atom stereocenters. The topological polar surface area (TPSA) is 94.6 Å². The summed E-state index contributed by atoms with van der Waals surface area (Å²) in [7, 11) is 1.57. The number of hydrogen-bond acceptors (Lipinski definition) is 6. The summed E-state index contributed by atoms with van der Waals surface area (Å²) < 4.78 is 17.9. The maximum Gasteiger partial charge on any atom is 0.205 e. The molecular formula is C23H27BrN2O4. The molecule has 0 saturated carbocycles. The first-order chi connectivity index (χ1) is 14.2. The molecule has 1 heterocycles. The largest absolute Gasteiger partial charge is 0.493 e. The number of nitrogens with zero attached hydrogens (tertiary/aromatic N) is 1. The van der Waals surface area contributed by atoms with Crippen molar-refractivity contribution < 1.29 is 19.0 Å². The number of halogens is 1. The molecule has 6 nitrogen and oxygen atoms in total. The summed E-state index contributed by atoms with van der Waals surface area (Å²) in [4.78, 5) is 13.1. The molecule has 3 rings (SSSR count). The van der Waals surface area contributed by atoms with Crippen molar-refractivity contribution in [1.82, 2.24) is 0 Å². The molecular weight excluding hydrogens is 448 g/mol. The lowest BCUT2D eigenvalue weighted by molar-refractivity contribution is -0.119. The predicted molar refractivity (Wildman–Crippen MR) is 117 cm³/mol. The molecule has 0 saturated heterocycles. The summed E-state index contributed by atoms with van der Waals surface area (Å²) in [6.07, 6.45) is 2.92. The van der Waals surface area contributed by atoms with E-state index in [1.807, 2.05) is 26.0 Å². The molecule has 1 aliphatic heterocycles. The number of ether oxygens (including phenoxy) is 3. The van der Waals surface area contributed by atoms with Gasteiger partial charge in [0.05, 0.1) is 19.6 Å². The van der Waals surface area contributed by atoms with Crippen LogP contribution in [-0.2, 0) is 9.53 Å². The third kappa shape index (κ3) is 4.20. The van der Waals surface area contributed by atoms with Crippen molar-refractivity contribution in [2.24, 2.45) is 11.1 Å². The predicted octanol–water partition coefficient (Wildman–Crippen LogP) is 5.09. The summed E-state index contributed by atoms with van der Waals surface area (Å²) in [5.74, 6) is 1.09. The highest BCUT2D eigenvalue weighted by Gasteiger charge is 2.43. The van der Waals surface area contributed by atoms with E-state index >= 15 is 0 Å². The molecule has 7 heteroatoms. The third-order valence-electron chi connectivity index (χ3n) is 5.42. The maximum absolute atomic E-state index is 13.1. The smallest absolute Gasteiger partial charge is 0.205 e. The Balaban J connectivity index is 2.13. The first kappa shape index (κ1) is 22.2. The van der Waals surface area contributed by atoms with Crippen LogP contribution in [0, 0.1) is 16.7 Å². The van der Waals surface area contributed by atoms with Crippen LogP contribution in [0.2, 0.25) is 0 Å². The minimum Gasteiger partial charge on any atom is -0.493 e. The Kier molecular flexibility index (Phi) is 6.47. The summed E-state index contributed by atoms with van der Waals surface area (Å²) in [5, 5.41) is 9.81. The number of carbonyl (C=O) groups excluding carboxylic acids is 1. The number of nitrogens with two attached hydrogens (primary N) is 1. The van der Waals surface area contributed by atoms with Crippen molar-refractivity contribution in [3.8, 4) is 17.6 Å². The molecule has 0 bridgehead atoms. The Morgan fingerprint density at radius 2 is 2.07 bits per heavy atom. The fraction of sp³-hybridized carbons (Fsp3) is 0.478. The van der Waals surface area contributed by atoms with Crippen molar-refractivity contribution in [3.63, 3.8) is 0 Å². The molecule has 0 spiro atoms. The van der Waals surface area contributed by atoms with Gasteiger partial charge in [0.2, 0.25) is 5.88 Å². The second kappa shape index (κ2) is 8.73. The van der Waals surface area contributed by atoms with Gasteiger partial charge in [-0.25, -0.2) is 0 Å². The van der Waals surface area contributed by atoms with Gasteiger partial charge in [0.1, 0.15) is 17.4 Å². The van der Waals surface area contributed by atoms with Gasteiger partial charge in [-0.2, -0.15) is 5.26 Å². The lowest BCUT2D eigenvalue weighted by Gasteiger charge is -2.37. The van der Waals surface area contributed by atoms with Crippen LogP contribution < -0.4 is 15.2 Å². The van der Waals surface area contributed by atoms with Crippen molar-refractivity contribution in [3.05, 3.63) is 45.0 Å². The van der Waals surface area contributed by atoms with Gasteiger partial charge in [0, 0.05) is 22.9 Å². The zero-order chi connectivity index (χ0) is 22.1. The van der Waals surface area contributed by atoms with Gasteiger partial charge in [-0.15, -0.1) is 0 Å². The number of hydrogen-bond donors (Lipinski definition) is 1. The SMILES string of the molecule is CCCCOc1cc(Br)c(C2C(C#N)=C(N)OC3=C2C(=O)CC(C)(C)C3)cc1OC. The van der Waals surface area contributed by atoms with Gasteiger partial charge in [-0.3, -0.25) is 4.79 Å². The summed E-state index contributed by atoms with van der Waals surface area (Å²) in [6.45, 7) is 6.72. The van der Waals surface area contributed by atoms with Crippen molar-refractivity contribution in [2.45, 2.75) is 52.4 Å². The normalized spacial score (nSPS) is 20.4. The minimum atomic E-state index is -0.615. The fourth-order valence-electron chi connectivity index (χ4n) is 3.97. The standard InChI is InChI=1S/C23H27BrN2O4/c1-5-6-7-29-18-9-15(24)13(8-17(18)28-4)20-14(12-25)22(26)30-19-11-23(2,3)10-16(27)21(19)20/h8-9,20H,5-7,10-11,26H2,1-4H3. The number of nitriles is 1. The average molecular weight is 475 g/mol. The van der Waals surface area contributed by atoms with Gasteiger partial charge in [0.15, 0.2) is 17.3 Å². The van der Waals surface area contributed by atoms with Crippen LogP contribution >= 0.6 is 15.9 Å². The van der Waals surface area contributed by atoms with Crippen molar-refractivity contribution >= 4 is 21.7 Å². The second-order valence-electron chi connectivity index (χ2n) is 8.43. The Bertz CT molecular complexity index is 972. The van der Waals surface area contributed by atoms with Crippen LogP contribution in [0.1, 0.15) is 57.9 Å². The highest BCUT2D eigenvalue weighted by molar-refractivity contribution is 9.10. The molecule has 2 aliphatic rings. The number of allylic oxidation sites excluding steroid dienone is 3. The quantitative estimate of drug-likeness (QED) is 0.577. The van der Waals surface area contributed by atoms with Gasteiger partial charge in [-0.1, -0.05) is 43.1 Å². The molecule has 1 aromatic carbocycles. The average Bonchev–Trinajstić information content (AvgIpc) is 2.66. The monoisotopic (exact) mass is 474 g/mol. The van der Waals surface area contributed by atoms with E-state index in [0.717, 1.165) is 18.4 Å². The Hall–Kier alpha value is -2.46. The third-order valence-corrected chi connectivity index (χ3v) is 6.11. The van der Waals surface area contributed by atoms with E-state index in [1.165, 1.54) is 0 Å². The zero-order valence-electron chi connectivity index (χ0n) is 17.8. The number of unbranched alkanes of at least 4 members (excludes halogenated alkanes) is 1. The number of benzene rings is 1. The molecule has 0 radical (unpaired) electrons.